The topological polar surface area (TPSA) is 78.6 Å². The quantitative estimate of drug-likeness (QED) is 0.884. The largest absolute Gasteiger partial charge is 0.392 e. The van der Waals surface area contributed by atoms with E-state index in [0.29, 0.717) is 13.1 Å². The van der Waals surface area contributed by atoms with Crippen molar-refractivity contribution in [3.8, 4) is 0 Å². The van der Waals surface area contributed by atoms with Crippen LogP contribution in [0.5, 0.6) is 0 Å². The van der Waals surface area contributed by atoms with E-state index in [2.05, 4.69) is 53.4 Å². The molecule has 0 bridgehead atoms. The van der Waals surface area contributed by atoms with E-state index in [1.807, 2.05) is 22.9 Å². The summed E-state index contributed by atoms with van der Waals surface area (Å²) in [6.07, 6.45) is 0.292. The highest BCUT2D eigenvalue weighted by molar-refractivity contribution is 6.00. The molecule has 2 aliphatic heterocycles. The van der Waals surface area contributed by atoms with Crippen molar-refractivity contribution in [3.05, 3.63) is 41.6 Å². The van der Waals surface area contributed by atoms with Crippen LogP contribution >= 0.6 is 0 Å². The first-order chi connectivity index (χ1) is 12.4. The molecule has 1 aromatic carbocycles. The minimum absolute atomic E-state index is 0.115. The van der Waals surface area contributed by atoms with Crippen molar-refractivity contribution in [1.82, 2.24) is 19.9 Å². The average Bonchev–Trinajstić information content (AvgIpc) is 3.21. The predicted molar refractivity (Wildman–Crippen MR) is 101 cm³/mol. The number of aromatic nitrogens is 3. The standard InChI is InChI=1S/C19H26N6O/c1-19(2,3)18-20-16(24-10-9-14(26)12-24)15-17(21-18)25(23-22-15)11-13-7-5-4-6-8-13/h4-8,14,16,26H,9-12H2,1-3H3,(H,20,21)/t14-,16?/m0/s1. The number of hydrogen-bond acceptors (Lipinski definition) is 6. The first-order valence-electron chi connectivity index (χ1n) is 9.16. The first kappa shape index (κ1) is 17.2. The van der Waals surface area contributed by atoms with Gasteiger partial charge in [-0.15, -0.1) is 5.10 Å². The van der Waals surface area contributed by atoms with Crippen LogP contribution in [0.3, 0.4) is 0 Å². The predicted octanol–water partition coefficient (Wildman–Crippen LogP) is 2.26. The van der Waals surface area contributed by atoms with E-state index >= 15 is 0 Å². The average molecular weight is 354 g/mol. The van der Waals surface area contributed by atoms with Crippen LogP contribution in [0, 0.1) is 5.41 Å². The van der Waals surface area contributed by atoms with E-state index in [-0.39, 0.29) is 17.7 Å². The van der Waals surface area contributed by atoms with E-state index < -0.39 is 0 Å². The Morgan fingerprint density at radius 3 is 2.65 bits per heavy atom. The fraction of sp³-hybridized carbons (Fsp3) is 0.526. The van der Waals surface area contributed by atoms with E-state index in [9.17, 15) is 5.11 Å². The zero-order valence-electron chi connectivity index (χ0n) is 15.6. The second-order valence-electron chi connectivity index (χ2n) is 8.13. The SMILES string of the molecule is CC(C)(C)C1=NC(N2CC[C@H](O)C2)c2nnn(Cc3ccccc3)c2N1. The van der Waals surface area contributed by atoms with Crippen molar-refractivity contribution in [2.75, 3.05) is 18.4 Å². The number of hydrogen-bond donors (Lipinski definition) is 2. The van der Waals surface area contributed by atoms with Crippen molar-refractivity contribution in [3.63, 3.8) is 0 Å². The fourth-order valence-corrected chi connectivity index (χ4v) is 3.45. The Hall–Kier alpha value is -2.25. The maximum atomic E-state index is 9.96. The third kappa shape index (κ3) is 3.24. The van der Waals surface area contributed by atoms with Gasteiger partial charge in [0.2, 0.25) is 0 Å². The normalized spacial score (nSPS) is 23.5. The van der Waals surface area contributed by atoms with E-state index in [0.717, 1.165) is 30.3 Å². The molecule has 3 heterocycles. The number of fused-ring (bicyclic) bond motifs is 1. The molecule has 7 nitrogen and oxygen atoms in total. The molecule has 1 unspecified atom stereocenters. The Morgan fingerprint density at radius 1 is 1.23 bits per heavy atom. The van der Waals surface area contributed by atoms with Gasteiger partial charge in [-0.2, -0.15) is 0 Å². The van der Waals surface area contributed by atoms with Crippen LogP contribution in [0.2, 0.25) is 0 Å². The molecule has 0 amide bonds. The van der Waals surface area contributed by atoms with E-state index in [4.69, 9.17) is 4.99 Å². The molecule has 4 rings (SSSR count). The summed E-state index contributed by atoms with van der Waals surface area (Å²) in [6.45, 7) is 8.53. The summed E-state index contributed by atoms with van der Waals surface area (Å²) in [7, 11) is 0. The van der Waals surface area contributed by atoms with Crippen molar-refractivity contribution < 1.29 is 5.11 Å². The van der Waals surface area contributed by atoms with Gasteiger partial charge < -0.3 is 10.4 Å². The summed E-state index contributed by atoms with van der Waals surface area (Å²) in [4.78, 5) is 7.13. The van der Waals surface area contributed by atoms with Crippen molar-refractivity contribution >= 4 is 11.7 Å². The molecule has 26 heavy (non-hydrogen) atoms. The molecule has 0 radical (unpaired) electrons. The molecule has 2 atom stereocenters. The number of nitrogens with zero attached hydrogens (tertiary/aromatic N) is 5. The van der Waals surface area contributed by atoms with E-state index in [1.165, 1.54) is 5.56 Å². The summed E-state index contributed by atoms with van der Waals surface area (Å²) in [6, 6.07) is 10.2. The van der Waals surface area contributed by atoms with Crippen LogP contribution in [-0.2, 0) is 6.54 Å². The maximum Gasteiger partial charge on any atom is 0.157 e. The maximum absolute atomic E-state index is 9.96. The zero-order valence-corrected chi connectivity index (χ0v) is 15.6. The Morgan fingerprint density at radius 2 is 2.00 bits per heavy atom. The minimum atomic E-state index is -0.291. The number of benzene rings is 1. The molecule has 2 aliphatic rings. The van der Waals surface area contributed by atoms with Gasteiger partial charge in [-0.25, -0.2) is 9.67 Å². The lowest BCUT2D eigenvalue weighted by molar-refractivity contribution is 0.159. The number of rotatable bonds is 3. The highest BCUT2D eigenvalue weighted by Gasteiger charge is 2.37. The van der Waals surface area contributed by atoms with E-state index in [1.54, 1.807) is 0 Å². The lowest BCUT2D eigenvalue weighted by atomic mass is 9.94. The molecular formula is C19H26N6O. The molecule has 0 aliphatic carbocycles. The molecule has 0 spiro atoms. The number of aliphatic hydroxyl groups excluding tert-OH is 1. The van der Waals surface area contributed by atoms with Crippen molar-refractivity contribution in [1.29, 1.82) is 0 Å². The van der Waals surface area contributed by atoms with Crippen LogP contribution in [0.4, 0.5) is 5.82 Å². The Kier molecular flexibility index (Phi) is 4.28. The minimum Gasteiger partial charge on any atom is -0.392 e. The first-order valence-corrected chi connectivity index (χ1v) is 9.16. The Balaban J connectivity index is 1.70. The summed E-state index contributed by atoms with van der Waals surface area (Å²) in [5, 5.41) is 22.3. The monoisotopic (exact) mass is 354 g/mol. The van der Waals surface area contributed by atoms with Gasteiger partial charge in [0.15, 0.2) is 12.0 Å². The summed E-state index contributed by atoms with van der Waals surface area (Å²) in [5.74, 6) is 1.83. The molecule has 1 fully saturated rings. The van der Waals surface area contributed by atoms with Crippen LogP contribution in [0.15, 0.2) is 35.3 Å². The number of aliphatic hydroxyl groups is 1. The van der Waals surface area contributed by atoms with Gasteiger partial charge in [0, 0.05) is 18.5 Å². The van der Waals surface area contributed by atoms with Gasteiger partial charge in [0.25, 0.3) is 0 Å². The third-order valence-corrected chi connectivity index (χ3v) is 4.92. The Bertz CT molecular complexity index is 807. The molecule has 138 valence electrons. The summed E-state index contributed by atoms with van der Waals surface area (Å²) < 4.78 is 1.91. The number of nitrogens with one attached hydrogen (secondary N) is 1. The summed E-state index contributed by atoms with van der Waals surface area (Å²) in [5.41, 5.74) is 1.90. The lowest BCUT2D eigenvalue weighted by Gasteiger charge is -2.32. The van der Waals surface area contributed by atoms with Crippen LogP contribution < -0.4 is 5.32 Å². The lowest BCUT2D eigenvalue weighted by Crippen LogP contribution is -2.37. The third-order valence-electron chi connectivity index (χ3n) is 4.92. The second kappa shape index (κ2) is 6.48. The molecule has 1 saturated heterocycles. The Labute approximate surface area is 153 Å². The summed E-state index contributed by atoms with van der Waals surface area (Å²) >= 11 is 0. The second-order valence-corrected chi connectivity index (χ2v) is 8.13. The molecular weight excluding hydrogens is 328 g/mol. The molecule has 0 saturated carbocycles. The van der Waals surface area contributed by atoms with Gasteiger partial charge in [-0.3, -0.25) is 4.90 Å². The number of anilines is 1. The number of β-amino-alcohol motifs (C(OH)–C–C–N with tert-alkyl or cyclic N) is 1. The van der Waals surface area contributed by atoms with Gasteiger partial charge in [-0.05, 0) is 12.0 Å². The zero-order chi connectivity index (χ0) is 18.3. The smallest absolute Gasteiger partial charge is 0.157 e. The highest BCUT2D eigenvalue weighted by Crippen LogP contribution is 2.36. The number of aliphatic imine (C=N–C) groups is 1. The number of amidine groups is 1. The van der Waals surface area contributed by atoms with Gasteiger partial charge in [0.1, 0.15) is 11.5 Å². The van der Waals surface area contributed by atoms with Crippen LogP contribution in [-0.4, -0.2) is 50.0 Å². The van der Waals surface area contributed by atoms with Crippen LogP contribution in [0.1, 0.15) is 44.6 Å². The highest BCUT2D eigenvalue weighted by atomic mass is 16.3. The number of likely N-dealkylation sites (tertiary alicyclic amines) is 1. The molecule has 1 aromatic heterocycles. The molecule has 2 N–H and O–H groups in total. The van der Waals surface area contributed by atoms with Crippen LogP contribution in [0.25, 0.3) is 0 Å². The molecule has 2 aromatic rings. The molecule has 7 heteroatoms. The van der Waals surface area contributed by atoms with Gasteiger partial charge in [-0.1, -0.05) is 56.3 Å². The van der Waals surface area contributed by atoms with Crippen molar-refractivity contribution in [2.45, 2.75) is 46.0 Å². The fourth-order valence-electron chi connectivity index (χ4n) is 3.45. The van der Waals surface area contributed by atoms with Crippen molar-refractivity contribution in [2.24, 2.45) is 10.4 Å². The van der Waals surface area contributed by atoms with Gasteiger partial charge >= 0.3 is 0 Å². The van der Waals surface area contributed by atoms with Gasteiger partial charge in [0.05, 0.1) is 12.6 Å².